The molecule has 0 aliphatic carbocycles. The molecule has 0 radical (unpaired) electrons. The minimum Gasteiger partial charge on any atom is -0.448 e. The van der Waals surface area contributed by atoms with Crippen LogP contribution in [-0.4, -0.2) is 70.7 Å². The number of esters is 1. The molecule has 0 aromatic heterocycles. The molecule has 0 saturated carbocycles. The standard InChI is InChI=1S/C10H16N6O4S2/c1-11-9(21)15-13-5-6(14-16-10(22)12-2)8(19)20-7(5)4(18)3-17/h4,7,17-18H,3H2,1-2H3,(H2,11,15,21)(H2,12,16,22)/b13-5-,14-6+. The summed E-state index contributed by atoms with van der Waals surface area (Å²) in [6.07, 6.45) is -2.52. The molecule has 1 heterocycles. The molecule has 0 aromatic rings. The van der Waals surface area contributed by atoms with Gasteiger partial charge in [0, 0.05) is 14.1 Å². The number of hydrazone groups is 2. The second kappa shape index (κ2) is 8.53. The number of ether oxygens (including phenoxy) is 1. The van der Waals surface area contributed by atoms with E-state index in [2.05, 4.69) is 31.7 Å². The minimum absolute atomic E-state index is 0.0180. The molecule has 2 unspecified atom stereocenters. The summed E-state index contributed by atoms with van der Waals surface area (Å²) in [5.41, 5.74) is 4.67. The predicted octanol–water partition coefficient (Wildman–Crippen LogP) is -2.84. The molecule has 0 amide bonds. The Morgan fingerprint density at radius 3 is 2.32 bits per heavy atom. The summed E-state index contributed by atoms with van der Waals surface area (Å²) in [5, 5.41) is 32.0. The zero-order valence-corrected chi connectivity index (χ0v) is 13.4. The lowest BCUT2D eigenvalue weighted by molar-refractivity contribution is -0.140. The Hall–Kier alpha value is -1.89. The number of aliphatic hydroxyl groups is 2. The fourth-order valence-corrected chi connectivity index (χ4v) is 1.46. The maximum atomic E-state index is 11.8. The van der Waals surface area contributed by atoms with Crippen molar-refractivity contribution in [2.75, 3.05) is 20.7 Å². The number of carbonyl (C=O) groups excluding carboxylic acids is 1. The lowest BCUT2D eigenvalue weighted by Crippen LogP contribution is -2.39. The number of aliphatic hydroxyl groups excluding tert-OH is 2. The van der Waals surface area contributed by atoms with Crippen molar-refractivity contribution in [2.45, 2.75) is 12.2 Å². The van der Waals surface area contributed by atoms with Gasteiger partial charge in [-0.05, 0) is 24.4 Å². The molecular formula is C10H16N6O4S2. The normalized spacial score (nSPS) is 22.2. The van der Waals surface area contributed by atoms with Gasteiger partial charge in [-0.1, -0.05) is 0 Å². The number of thiocarbonyl (C=S) groups is 2. The number of carbonyl (C=O) groups is 1. The largest absolute Gasteiger partial charge is 0.448 e. The molecule has 1 rings (SSSR count). The highest BCUT2D eigenvalue weighted by Gasteiger charge is 2.42. The molecule has 1 fully saturated rings. The molecule has 0 aromatic carbocycles. The van der Waals surface area contributed by atoms with Crippen LogP contribution in [0.5, 0.6) is 0 Å². The second-order valence-electron chi connectivity index (χ2n) is 3.92. The summed E-state index contributed by atoms with van der Waals surface area (Å²) < 4.78 is 4.95. The summed E-state index contributed by atoms with van der Waals surface area (Å²) in [6.45, 7) is -0.622. The van der Waals surface area contributed by atoms with Gasteiger partial charge < -0.3 is 25.6 Å². The first-order chi connectivity index (χ1) is 10.4. The van der Waals surface area contributed by atoms with Crippen molar-refractivity contribution in [2.24, 2.45) is 10.2 Å². The van der Waals surface area contributed by atoms with Crippen LogP contribution in [0.15, 0.2) is 10.2 Å². The maximum Gasteiger partial charge on any atom is 0.361 e. The topological polar surface area (TPSA) is 140 Å². The predicted molar refractivity (Wildman–Crippen MR) is 87.4 cm³/mol. The van der Waals surface area contributed by atoms with E-state index in [0.29, 0.717) is 0 Å². The monoisotopic (exact) mass is 348 g/mol. The van der Waals surface area contributed by atoms with Crippen LogP contribution in [0.1, 0.15) is 0 Å². The van der Waals surface area contributed by atoms with E-state index in [1.165, 1.54) is 0 Å². The van der Waals surface area contributed by atoms with Gasteiger partial charge in [0.1, 0.15) is 11.8 Å². The maximum absolute atomic E-state index is 11.8. The summed E-state index contributed by atoms with van der Waals surface area (Å²) in [5.74, 6) is -0.820. The molecule has 0 bridgehead atoms. The van der Waals surface area contributed by atoms with Gasteiger partial charge in [-0.25, -0.2) is 4.79 Å². The van der Waals surface area contributed by atoms with Gasteiger partial charge in [-0.3, -0.25) is 10.9 Å². The van der Waals surface area contributed by atoms with Gasteiger partial charge >= 0.3 is 5.97 Å². The molecule has 1 aliphatic heterocycles. The van der Waals surface area contributed by atoms with Crippen molar-refractivity contribution in [3.8, 4) is 0 Å². The van der Waals surface area contributed by atoms with E-state index in [1.54, 1.807) is 14.1 Å². The average Bonchev–Trinajstić information content (AvgIpc) is 2.85. The van der Waals surface area contributed by atoms with Gasteiger partial charge in [0.2, 0.25) is 0 Å². The van der Waals surface area contributed by atoms with Crippen molar-refractivity contribution in [3.05, 3.63) is 0 Å². The molecule has 0 spiro atoms. The Labute approximate surface area is 137 Å². The van der Waals surface area contributed by atoms with Crippen molar-refractivity contribution in [3.63, 3.8) is 0 Å². The average molecular weight is 348 g/mol. The second-order valence-corrected chi connectivity index (χ2v) is 4.73. The van der Waals surface area contributed by atoms with E-state index < -0.39 is 24.8 Å². The van der Waals surface area contributed by atoms with Gasteiger partial charge in [0.15, 0.2) is 22.0 Å². The number of cyclic esters (lactones) is 1. The highest BCUT2D eigenvalue weighted by Crippen LogP contribution is 2.13. The lowest BCUT2D eigenvalue weighted by Gasteiger charge is -2.14. The van der Waals surface area contributed by atoms with E-state index in [0.717, 1.165) is 0 Å². The van der Waals surface area contributed by atoms with E-state index in [9.17, 15) is 9.90 Å². The highest BCUT2D eigenvalue weighted by molar-refractivity contribution is 7.80. The Kier molecular flexibility index (Phi) is 7.04. The van der Waals surface area contributed by atoms with Crippen molar-refractivity contribution in [1.29, 1.82) is 0 Å². The Balaban J connectivity index is 3.07. The first-order valence-electron chi connectivity index (χ1n) is 6.05. The highest BCUT2D eigenvalue weighted by atomic mass is 32.1. The molecule has 22 heavy (non-hydrogen) atoms. The third-order valence-electron chi connectivity index (χ3n) is 2.48. The molecule has 6 N–H and O–H groups in total. The Morgan fingerprint density at radius 2 is 1.82 bits per heavy atom. The van der Waals surface area contributed by atoms with Crippen molar-refractivity contribution >= 4 is 52.1 Å². The first kappa shape index (κ1) is 18.2. The van der Waals surface area contributed by atoms with E-state index in [1.807, 2.05) is 0 Å². The Bertz CT molecular complexity index is 524. The molecule has 1 saturated heterocycles. The number of nitrogens with zero attached hydrogens (tertiary/aromatic N) is 2. The minimum atomic E-state index is -1.35. The zero-order valence-electron chi connectivity index (χ0n) is 11.8. The molecular weight excluding hydrogens is 332 g/mol. The lowest BCUT2D eigenvalue weighted by atomic mass is 10.1. The molecule has 12 heteroatoms. The first-order valence-corrected chi connectivity index (χ1v) is 6.87. The van der Waals surface area contributed by atoms with E-state index in [4.69, 9.17) is 34.3 Å². The Morgan fingerprint density at radius 1 is 1.27 bits per heavy atom. The molecule has 2 atom stereocenters. The van der Waals surface area contributed by atoms with Crippen LogP contribution in [0.25, 0.3) is 0 Å². The SMILES string of the molecule is CNC(=S)N/N=C1/C(=N\NC(=S)NC)C(=O)OC1C(O)CO. The van der Waals surface area contributed by atoms with Crippen LogP contribution in [0.2, 0.25) is 0 Å². The van der Waals surface area contributed by atoms with Crippen LogP contribution >= 0.6 is 24.4 Å². The van der Waals surface area contributed by atoms with Gasteiger partial charge in [0.25, 0.3) is 0 Å². The summed E-state index contributed by atoms with van der Waals surface area (Å²) in [4.78, 5) is 11.8. The third-order valence-corrected chi connectivity index (χ3v) is 3.07. The van der Waals surface area contributed by atoms with Gasteiger partial charge in [0.05, 0.1) is 6.61 Å². The van der Waals surface area contributed by atoms with Crippen LogP contribution in [0.4, 0.5) is 0 Å². The summed E-state index contributed by atoms with van der Waals surface area (Å²) in [7, 11) is 3.15. The van der Waals surface area contributed by atoms with Crippen LogP contribution in [-0.2, 0) is 9.53 Å². The van der Waals surface area contributed by atoms with Crippen LogP contribution in [0.3, 0.4) is 0 Å². The summed E-state index contributed by atoms with van der Waals surface area (Å²) in [6, 6.07) is 0. The smallest absolute Gasteiger partial charge is 0.361 e. The number of rotatable bonds is 4. The van der Waals surface area contributed by atoms with Crippen molar-refractivity contribution < 1.29 is 19.7 Å². The molecule has 1 aliphatic rings. The van der Waals surface area contributed by atoms with Crippen LogP contribution < -0.4 is 21.5 Å². The van der Waals surface area contributed by atoms with Gasteiger partial charge in [-0.15, -0.1) is 0 Å². The number of nitrogens with one attached hydrogen (secondary N) is 4. The van der Waals surface area contributed by atoms with Crippen molar-refractivity contribution in [1.82, 2.24) is 21.5 Å². The van der Waals surface area contributed by atoms with Gasteiger partial charge in [-0.2, -0.15) is 10.2 Å². The molecule has 10 nitrogen and oxygen atoms in total. The number of hydrogen-bond donors (Lipinski definition) is 6. The third kappa shape index (κ3) is 4.56. The fraction of sp³-hybridized carbons (Fsp3) is 0.500. The van der Waals surface area contributed by atoms with E-state index >= 15 is 0 Å². The quantitative estimate of drug-likeness (QED) is 0.179. The summed E-state index contributed by atoms with van der Waals surface area (Å²) >= 11 is 9.70. The zero-order chi connectivity index (χ0) is 16.7. The number of hydrogen-bond acceptors (Lipinski definition) is 8. The van der Waals surface area contributed by atoms with E-state index in [-0.39, 0.29) is 21.6 Å². The van der Waals surface area contributed by atoms with Crippen LogP contribution in [0, 0.1) is 0 Å². The fourth-order valence-electron chi connectivity index (χ4n) is 1.37. The molecule has 122 valence electrons.